The fourth-order valence-electron chi connectivity index (χ4n) is 1.51. The van der Waals surface area contributed by atoms with Crippen molar-refractivity contribution >= 4 is 28.7 Å². The van der Waals surface area contributed by atoms with E-state index in [1.807, 2.05) is 19.9 Å². The zero-order valence-electron chi connectivity index (χ0n) is 11.2. The highest BCUT2D eigenvalue weighted by Crippen LogP contribution is 2.29. The third-order valence-corrected chi connectivity index (χ3v) is 2.70. The second kappa shape index (κ2) is 7.37. The Morgan fingerprint density at radius 1 is 1.20 bits per heavy atom. The van der Waals surface area contributed by atoms with Crippen LogP contribution in [-0.2, 0) is 0 Å². The van der Waals surface area contributed by atoms with Gasteiger partial charge in [0, 0.05) is 6.07 Å². The molecular formula is C15H15ClFN3. The standard InChI is InChI=1S/C13H9ClFN3.C2H6/c14-9-5-11(17)13(6-10(9)15)18-12-4-2-1-3-8(12)7-16;1-2/h1-6,18H,17H2;1-2H3. The largest absolute Gasteiger partial charge is 0.397 e. The van der Waals surface area contributed by atoms with Crippen LogP contribution in [0.5, 0.6) is 0 Å². The van der Waals surface area contributed by atoms with Crippen LogP contribution >= 0.6 is 11.6 Å². The molecule has 3 N–H and O–H groups in total. The third-order valence-electron chi connectivity index (χ3n) is 2.41. The van der Waals surface area contributed by atoms with Gasteiger partial charge >= 0.3 is 0 Å². The Morgan fingerprint density at radius 2 is 1.85 bits per heavy atom. The van der Waals surface area contributed by atoms with Gasteiger partial charge in [0.25, 0.3) is 0 Å². The minimum Gasteiger partial charge on any atom is -0.397 e. The Hall–Kier alpha value is -2.25. The van der Waals surface area contributed by atoms with Gasteiger partial charge in [-0.2, -0.15) is 5.26 Å². The first-order chi connectivity index (χ1) is 9.61. The van der Waals surface area contributed by atoms with Crippen molar-refractivity contribution in [2.75, 3.05) is 11.1 Å². The molecule has 0 saturated heterocycles. The van der Waals surface area contributed by atoms with E-state index in [9.17, 15) is 4.39 Å². The molecule has 0 heterocycles. The van der Waals surface area contributed by atoms with Crippen LogP contribution in [0.25, 0.3) is 0 Å². The first kappa shape index (κ1) is 15.8. The van der Waals surface area contributed by atoms with E-state index in [0.29, 0.717) is 22.6 Å². The number of hydrogen-bond acceptors (Lipinski definition) is 3. The van der Waals surface area contributed by atoms with E-state index in [1.165, 1.54) is 12.1 Å². The van der Waals surface area contributed by atoms with Crippen LogP contribution in [0.2, 0.25) is 5.02 Å². The second-order valence-electron chi connectivity index (χ2n) is 3.64. The number of para-hydroxylation sites is 1. The lowest BCUT2D eigenvalue weighted by Crippen LogP contribution is -1.99. The molecule has 0 aliphatic rings. The molecule has 2 aromatic carbocycles. The second-order valence-corrected chi connectivity index (χ2v) is 4.04. The molecule has 5 heteroatoms. The maximum absolute atomic E-state index is 13.4. The molecule has 0 amide bonds. The van der Waals surface area contributed by atoms with Crippen molar-refractivity contribution in [3.05, 3.63) is 52.8 Å². The fraction of sp³-hybridized carbons (Fsp3) is 0.133. The van der Waals surface area contributed by atoms with Gasteiger partial charge in [-0.25, -0.2) is 4.39 Å². The average Bonchev–Trinajstić information content (AvgIpc) is 2.47. The van der Waals surface area contributed by atoms with Crippen molar-refractivity contribution < 1.29 is 4.39 Å². The fourth-order valence-corrected chi connectivity index (χ4v) is 1.68. The number of nitrogens with one attached hydrogen (secondary N) is 1. The van der Waals surface area contributed by atoms with Crippen molar-refractivity contribution in [3.63, 3.8) is 0 Å². The zero-order valence-corrected chi connectivity index (χ0v) is 12.0. The van der Waals surface area contributed by atoms with Crippen molar-refractivity contribution in [1.29, 1.82) is 5.26 Å². The molecule has 0 bridgehead atoms. The van der Waals surface area contributed by atoms with Crippen LogP contribution in [0.3, 0.4) is 0 Å². The summed E-state index contributed by atoms with van der Waals surface area (Å²) in [5, 5.41) is 11.8. The molecule has 0 aromatic heterocycles. The summed E-state index contributed by atoms with van der Waals surface area (Å²) in [5.41, 5.74) is 7.44. The monoisotopic (exact) mass is 291 g/mol. The van der Waals surface area contributed by atoms with Gasteiger partial charge in [0.15, 0.2) is 0 Å². The lowest BCUT2D eigenvalue weighted by Gasteiger charge is -2.11. The van der Waals surface area contributed by atoms with Crippen LogP contribution in [0.4, 0.5) is 21.5 Å². The molecule has 0 unspecified atom stereocenters. The predicted molar refractivity (Wildman–Crippen MR) is 81.6 cm³/mol. The van der Waals surface area contributed by atoms with Gasteiger partial charge in [-0.15, -0.1) is 0 Å². The Bertz CT molecular complexity index is 636. The number of nitrogens with two attached hydrogens (primary N) is 1. The lowest BCUT2D eigenvalue weighted by atomic mass is 10.2. The summed E-state index contributed by atoms with van der Waals surface area (Å²) in [6.45, 7) is 4.00. The minimum absolute atomic E-state index is 0.0355. The summed E-state index contributed by atoms with van der Waals surface area (Å²) >= 11 is 5.61. The van der Waals surface area contributed by atoms with Crippen LogP contribution in [0, 0.1) is 17.1 Å². The zero-order chi connectivity index (χ0) is 15.1. The van der Waals surface area contributed by atoms with Crippen LogP contribution in [0.15, 0.2) is 36.4 Å². The number of nitrogen functional groups attached to an aromatic ring is 1. The van der Waals surface area contributed by atoms with Crippen LogP contribution in [-0.4, -0.2) is 0 Å². The van der Waals surface area contributed by atoms with Gasteiger partial charge in [-0.3, -0.25) is 0 Å². The highest BCUT2D eigenvalue weighted by atomic mass is 35.5. The highest BCUT2D eigenvalue weighted by molar-refractivity contribution is 6.31. The maximum Gasteiger partial charge on any atom is 0.144 e. The van der Waals surface area contributed by atoms with E-state index in [1.54, 1.807) is 24.3 Å². The lowest BCUT2D eigenvalue weighted by molar-refractivity contribution is 0.629. The first-order valence-electron chi connectivity index (χ1n) is 6.12. The molecule has 20 heavy (non-hydrogen) atoms. The number of nitriles is 1. The summed E-state index contributed by atoms with van der Waals surface area (Å²) in [7, 11) is 0. The van der Waals surface area contributed by atoms with E-state index < -0.39 is 5.82 Å². The molecule has 2 rings (SSSR count). The van der Waals surface area contributed by atoms with E-state index in [-0.39, 0.29) is 5.02 Å². The Labute approximate surface area is 122 Å². The highest BCUT2D eigenvalue weighted by Gasteiger charge is 2.08. The van der Waals surface area contributed by atoms with Crippen LogP contribution < -0.4 is 11.1 Å². The van der Waals surface area contributed by atoms with Crippen LogP contribution in [0.1, 0.15) is 19.4 Å². The van der Waals surface area contributed by atoms with Crippen molar-refractivity contribution in [3.8, 4) is 6.07 Å². The molecule has 0 fully saturated rings. The van der Waals surface area contributed by atoms with E-state index >= 15 is 0 Å². The van der Waals surface area contributed by atoms with Crippen molar-refractivity contribution in [2.45, 2.75) is 13.8 Å². The summed E-state index contributed by atoms with van der Waals surface area (Å²) in [6.07, 6.45) is 0. The number of nitrogens with zero attached hydrogens (tertiary/aromatic N) is 1. The number of benzene rings is 2. The summed E-state index contributed by atoms with van der Waals surface area (Å²) in [5.74, 6) is -0.567. The molecule has 0 aliphatic heterocycles. The molecule has 0 aliphatic carbocycles. The third kappa shape index (κ3) is 3.62. The summed E-state index contributed by atoms with van der Waals surface area (Å²) in [4.78, 5) is 0. The van der Waals surface area contributed by atoms with E-state index in [4.69, 9.17) is 22.6 Å². The van der Waals surface area contributed by atoms with Gasteiger partial charge in [-0.1, -0.05) is 37.6 Å². The van der Waals surface area contributed by atoms with E-state index in [0.717, 1.165) is 0 Å². The van der Waals surface area contributed by atoms with Crippen molar-refractivity contribution in [1.82, 2.24) is 0 Å². The smallest absolute Gasteiger partial charge is 0.144 e. The number of hydrogen-bond donors (Lipinski definition) is 2. The SMILES string of the molecule is CC.N#Cc1ccccc1Nc1cc(F)c(Cl)cc1N. The first-order valence-corrected chi connectivity index (χ1v) is 6.50. The quantitative estimate of drug-likeness (QED) is 0.788. The summed E-state index contributed by atoms with van der Waals surface area (Å²) in [6, 6.07) is 11.5. The Kier molecular flexibility index (Phi) is 5.82. The molecule has 0 radical (unpaired) electrons. The molecular weight excluding hydrogens is 277 g/mol. The van der Waals surface area contributed by atoms with Gasteiger partial charge in [0.2, 0.25) is 0 Å². The molecule has 3 nitrogen and oxygen atoms in total. The molecule has 2 aromatic rings. The van der Waals surface area contributed by atoms with Gasteiger partial charge < -0.3 is 11.1 Å². The Balaban J connectivity index is 0.000000956. The summed E-state index contributed by atoms with van der Waals surface area (Å²) < 4.78 is 13.4. The van der Waals surface area contributed by atoms with Crippen molar-refractivity contribution in [2.24, 2.45) is 0 Å². The number of rotatable bonds is 2. The maximum atomic E-state index is 13.4. The van der Waals surface area contributed by atoms with Gasteiger partial charge in [0.05, 0.1) is 27.6 Å². The Morgan fingerprint density at radius 3 is 2.50 bits per heavy atom. The molecule has 0 saturated carbocycles. The topological polar surface area (TPSA) is 61.8 Å². The normalized spacial score (nSPS) is 9.15. The molecule has 0 spiro atoms. The molecule has 104 valence electrons. The number of halogens is 2. The average molecular weight is 292 g/mol. The number of anilines is 3. The molecule has 0 atom stereocenters. The predicted octanol–water partition coefficient (Wildman–Crippen LogP) is 4.70. The van der Waals surface area contributed by atoms with E-state index in [2.05, 4.69) is 5.32 Å². The minimum atomic E-state index is -0.567. The van der Waals surface area contributed by atoms with Gasteiger partial charge in [0.1, 0.15) is 11.9 Å². The van der Waals surface area contributed by atoms with Gasteiger partial charge in [-0.05, 0) is 18.2 Å².